The van der Waals surface area contributed by atoms with Crippen LogP contribution in [-0.4, -0.2) is 32.1 Å². The fraction of sp³-hybridized carbons (Fsp3) is 0.636. The monoisotopic (exact) mass is 370 g/mol. The summed E-state index contributed by atoms with van der Waals surface area (Å²) in [4.78, 5) is 27.3. The first-order chi connectivity index (χ1) is 12.9. The van der Waals surface area contributed by atoms with Gasteiger partial charge in [-0.1, -0.05) is 0 Å². The molecular weight excluding hydrogens is 340 g/mol. The number of hydrogen-bond acceptors (Lipinski definition) is 4. The van der Waals surface area contributed by atoms with E-state index in [9.17, 15) is 9.59 Å². The summed E-state index contributed by atoms with van der Waals surface area (Å²) in [6, 6.07) is 7.61. The minimum atomic E-state index is -0.775. The number of nitrogens with zero attached hydrogens (tertiary/aromatic N) is 1. The van der Waals surface area contributed by atoms with Crippen molar-refractivity contribution in [1.29, 1.82) is 0 Å². The van der Waals surface area contributed by atoms with Crippen LogP contribution in [0.25, 0.3) is 0 Å². The molecule has 4 saturated carbocycles. The van der Waals surface area contributed by atoms with Gasteiger partial charge in [0.05, 0.1) is 5.92 Å². The molecule has 27 heavy (non-hydrogen) atoms. The van der Waals surface area contributed by atoms with Crippen molar-refractivity contribution in [3.05, 3.63) is 24.3 Å². The second kappa shape index (κ2) is 7.17. The van der Waals surface area contributed by atoms with Crippen molar-refractivity contribution in [3.63, 3.8) is 0 Å². The summed E-state index contributed by atoms with van der Waals surface area (Å²) in [6.07, 6.45) is 5.28. The number of rotatable bonds is 5. The summed E-state index contributed by atoms with van der Waals surface area (Å²) in [6.45, 7) is 1.66. The van der Waals surface area contributed by atoms with Crippen LogP contribution in [0.1, 0.15) is 39.0 Å². The predicted octanol–water partition coefficient (Wildman–Crippen LogP) is 3.70. The lowest BCUT2D eigenvalue weighted by atomic mass is 9.52. The molecule has 1 aromatic rings. The molecule has 4 bridgehead atoms. The Morgan fingerprint density at radius 3 is 2.07 bits per heavy atom. The molecule has 0 heterocycles. The number of anilines is 2. The maximum Gasteiger partial charge on any atom is 0.310 e. The minimum absolute atomic E-state index is 0.00687. The molecule has 146 valence electrons. The Balaban J connectivity index is 1.33. The van der Waals surface area contributed by atoms with E-state index in [-0.39, 0.29) is 17.8 Å². The normalized spacial score (nSPS) is 32.0. The second-order valence-corrected chi connectivity index (χ2v) is 8.97. The molecule has 5 heteroatoms. The number of nitrogens with one attached hydrogen (secondary N) is 1. The van der Waals surface area contributed by atoms with E-state index < -0.39 is 6.10 Å². The smallest absolute Gasteiger partial charge is 0.310 e. The standard InChI is InChI=1S/C22H30N2O3/c1-13(21(25)23-18-4-6-19(7-5-18)24(2)3)27-22(26)20-16-9-14-8-15(11-16)12-17(20)10-14/h4-7,13-17,20H,8-12H2,1-3H3,(H,23,25). The number of hydrogen-bond donors (Lipinski definition) is 1. The summed E-state index contributed by atoms with van der Waals surface area (Å²) in [5, 5.41) is 2.85. The summed E-state index contributed by atoms with van der Waals surface area (Å²) < 4.78 is 5.61. The topological polar surface area (TPSA) is 58.6 Å². The maximum absolute atomic E-state index is 12.8. The molecule has 1 atom stereocenters. The van der Waals surface area contributed by atoms with Gasteiger partial charge in [-0.15, -0.1) is 0 Å². The molecule has 0 aliphatic heterocycles. The Bertz CT molecular complexity index is 685. The molecule has 4 aliphatic rings. The molecule has 1 aromatic carbocycles. The molecule has 0 saturated heterocycles. The largest absolute Gasteiger partial charge is 0.452 e. The van der Waals surface area contributed by atoms with Crippen LogP contribution in [-0.2, 0) is 14.3 Å². The molecule has 5 rings (SSSR count). The zero-order valence-corrected chi connectivity index (χ0v) is 16.5. The van der Waals surface area contributed by atoms with Gasteiger partial charge in [-0.25, -0.2) is 0 Å². The van der Waals surface area contributed by atoms with E-state index in [1.54, 1.807) is 6.92 Å². The second-order valence-electron chi connectivity index (χ2n) is 8.97. The number of amides is 1. The van der Waals surface area contributed by atoms with Gasteiger partial charge in [-0.2, -0.15) is 0 Å². The molecule has 1 N–H and O–H groups in total. The van der Waals surface area contributed by atoms with Crippen molar-refractivity contribution >= 4 is 23.3 Å². The SMILES string of the molecule is CC(OC(=O)C1C2CC3CC(C2)CC1C3)C(=O)Nc1ccc(N(C)C)cc1. The highest BCUT2D eigenvalue weighted by Gasteiger charge is 2.51. The number of benzene rings is 1. The molecule has 0 aromatic heterocycles. The fourth-order valence-electron chi connectivity index (χ4n) is 5.70. The van der Waals surface area contributed by atoms with Crippen LogP contribution >= 0.6 is 0 Å². The Morgan fingerprint density at radius 2 is 1.56 bits per heavy atom. The van der Waals surface area contributed by atoms with Gasteiger partial charge < -0.3 is 15.0 Å². The van der Waals surface area contributed by atoms with Gasteiger partial charge >= 0.3 is 5.97 Å². The quantitative estimate of drug-likeness (QED) is 0.803. The molecule has 0 spiro atoms. The van der Waals surface area contributed by atoms with Gasteiger partial charge in [0.25, 0.3) is 5.91 Å². The van der Waals surface area contributed by atoms with Gasteiger partial charge in [0.1, 0.15) is 0 Å². The third-order valence-corrected chi connectivity index (χ3v) is 6.81. The van der Waals surface area contributed by atoms with E-state index in [0.29, 0.717) is 17.5 Å². The van der Waals surface area contributed by atoms with Gasteiger partial charge in [-0.3, -0.25) is 9.59 Å². The fourth-order valence-corrected chi connectivity index (χ4v) is 5.70. The van der Waals surface area contributed by atoms with Gasteiger partial charge in [0, 0.05) is 25.5 Å². The van der Waals surface area contributed by atoms with Crippen LogP contribution in [0, 0.1) is 29.6 Å². The van der Waals surface area contributed by atoms with E-state index in [4.69, 9.17) is 4.74 Å². The lowest BCUT2D eigenvalue weighted by molar-refractivity contribution is -0.169. The highest BCUT2D eigenvalue weighted by molar-refractivity contribution is 5.95. The van der Waals surface area contributed by atoms with Gasteiger partial charge in [-0.05, 0) is 87.0 Å². The average Bonchev–Trinajstić information content (AvgIpc) is 2.61. The summed E-state index contributed by atoms with van der Waals surface area (Å²) in [5.41, 5.74) is 1.78. The van der Waals surface area contributed by atoms with Crippen molar-refractivity contribution in [2.75, 3.05) is 24.3 Å². The molecule has 5 nitrogen and oxygen atoms in total. The lowest BCUT2D eigenvalue weighted by Gasteiger charge is -2.53. The van der Waals surface area contributed by atoms with E-state index in [1.807, 2.05) is 43.3 Å². The molecule has 1 unspecified atom stereocenters. The van der Waals surface area contributed by atoms with Crippen LogP contribution in [0.5, 0.6) is 0 Å². The van der Waals surface area contributed by atoms with Crippen molar-refractivity contribution in [1.82, 2.24) is 0 Å². The first-order valence-electron chi connectivity index (χ1n) is 10.2. The van der Waals surface area contributed by atoms with Crippen LogP contribution in [0.15, 0.2) is 24.3 Å². The number of esters is 1. The Hall–Kier alpha value is -2.04. The molecular formula is C22H30N2O3. The van der Waals surface area contributed by atoms with Crippen LogP contribution in [0.4, 0.5) is 11.4 Å². The summed E-state index contributed by atoms with van der Waals surface area (Å²) in [5.74, 6) is 2.17. The maximum atomic E-state index is 12.8. The predicted molar refractivity (Wildman–Crippen MR) is 105 cm³/mol. The molecule has 1 amide bonds. The van der Waals surface area contributed by atoms with Crippen LogP contribution in [0.2, 0.25) is 0 Å². The molecule has 0 radical (unpaired) electrons. The lowest BCUT2D eigenvalue weighted by Crippen LogP contribution is -2.49. The third-order valence-electron chi connectivity index (χ3n) is 6.81. The highest BCUT2D eigenvalue weighted by Crippen LogP contribution is 2.56. The minimum Gasteiger partial charge on any atom is -0.452 e. The van der Waals surface area contributed by atoms with E-state index in [2.05, 4.69) is 5.32 Å². The van der Waals surface area contributed by atoms with Crippen LogP contribution in [0.3, 0.4) is 0 Å². The highest BCUT2D eigenvalue weighted by atomic mass is 16.5. The Kier molecular flexibility index (Phi) is 4.87. The number of carbonyl (C=O) groups is 2. The molecule has 4 aliphatic carbocycles. The van der Waals surface area contributed by atoms with E-state index in [0.717, 1.165) is 17.5 Å². The van der Waals surface area contributed by atoms with E-state index in [1.165, 1.54) is 32.1 Å². The third kappa shape index (κ3) is 3.69. The van der Waals surface area contributed by atoms with Crippen molar-refractivity contribution in [2.45, 2.75) is 45.1 Å². The Morgan fingerprint density at radius 1 is 1.00 bits per heavy atom. The Labute approximate surface area is 161 Å². The zero-order chi connectivity index (χ0) is 19.1. The van der Waals surface area contributed by atoms with Crippen LogP contribution < -0.4 is 10.2 Å². The first kappa shape index (κ1) is 18.3. The van der Waals surface area contributed by atoms with Crippen molar-refractivity contribution < 1.29 is 14.3 Å². The molecule has 4 fully saturated rings. The summed E-state index contributed by atoms with van der Waals surface area (Å²) >= 11 is 0. The number of carbonyl (C=O) groups excluding carboxylic acids is 2. The van der Waals surface area contributed by atoms with Crippen molar-refractivity contribution in [3.8, 4) is 0 Å². The van der Waals surface area contributed by atoms with Crippen molar-refractivity contribution in [2.24, 2.45) is 29.6 Å². The average molecular weight is 370 g/mol. The summed E-state index contributed by atoms with van der Waals surface area (Å²) in [7, 11) is 3.94. The zero-order valence-electron chi connectivity index (χ0n) is 16.5. The van der Waals surface area contributed by atoms with Gasteiger partial charge in [0.2, 0.25) is 0 Å². The van der Waals surface area contributed by atoms with Gasteiger partial charge in [0.15, 0.2) is 6.10 Å². The van der Waals surface area contributed by atoms with E-state index >= 15 is 0 Å². The first-order valence-corrected chi connectivity index (χ1v) is 10.2. The number of ether oxygens (including phenoxy) is 1.